The summed E-state index contributed by atoms with van der Waals surface area (Å²) in [6.45, 7) is 10.9. The Morgan fingerprint density at radius 3 is 2.47 bits per heavy atom. The largest absolute Gasteiger partial charge is 0.480 e. The third-order valence-corrected chi connectivity index (χ3v) is 9.12. The van der Waals surface area contributed by atoms with E-state index in [1.54, 1.807) is 22.8 Å². The lowest BCUT2D eigenvalue weighted by Crippen LogP contribution is -2.52. The number of hydrogen-bond acceptors (Lipinski definition) is 8. The number of hydrogen-bond donors (Lipinski definition) is 1. The van der Waals surface area contributed by atoms with Gasteiger partial charge in [-0.05, 0) is 63.3 Å². The molecule has 0 radical (unpaired) electrons. The molecule has 5 rings (SSSR count). The number of unbranched alkanes of at least 4 members (excludes halogenated alkanes) is 1. The fraction of sp³-hybridized carbons (Fsp3) is 0.606. The highest BCUT2D eigenvalue weighted by Gasteiger charge is 2.38. The van der Waals surface area contributed by atoms with E-state index in [9.17, 15) is 19.2 Å². The monoisotopic (exact) mass is 622 g/mol. The first-order valence-corrected chi connectivity index (χ1v) is 16.2. The number of nitrogens with zero attached hydrogens (tertiary/aromatic N) is 5. The van der Waals surface area contributed by atoms with E-state index in [1.807, 2.05) is 36.9 Å². The minimum absolute atomic E-state index is 0.0639. The molecule has 2 aromatic rings. The summed E-state index contributed by atoms with van der Waals surface area (Å²) in [5, 5.41) is 3.39. The SMILES string of the molecule is CCCCOC(=O)N1CCN(C(=O)CNC(=O)c2cc(O[C@H](C)C(=O)N3CCC4CN(C)CC4C3)c3ccc(C)cc3n2)CC1. The molecule has 12 heteroatoms. The summed E-state index contributed by atoms with van der Waals surface area (Å²) in [6.07, 6.45) is 1.66. The number of benzene rings is 1. The number of aromatic nitrogens is 1. The van der Waals surface area contributed by atoms with Crippen LogP contribution in [0, 0.1) is 18.8 Å². The van der Waals surface area contributed by atoms with E-state index in [0.717, 1.165) is 51.0 Å². The smallest absolute Gasteiger partial charge is 0.409 e. The third-order valence-electron chi connectivity index (χ3n) is 9.12. The fourth-order valence-corrected chi connectivity index (χ4v) is 6.51. The second-order valence-corrected chi connectivity index (χ2v) is 12.6. The Hall–Kier alpha value is -3.93. The molecule has 3 atom stereocenters. The molecule has 1 aromatic heterocycles. The minimum Gasteiger partial charge on any atom is -0.480 e. The van der Waals surface area contributed by atoms with Crippen molar-refractivity contribution >= 4 is 34.7 Å². The van der Waals surface area contributed by atoms with Crippen molar-refractivity contribution in [3.8, 4) is 5.75 Å². The van der Waals surface area contributed by atoms with Crippen LogP contribution in [0.5, 0.6) is 5.75 Å². The maximum absolute atomic E-state index is 13.4. The van der Waals surface area contributed by atoms with Gasteiger partial charge in [-0.3, -0.25) is 14.4 Å². The van der Waals surface area contributed by atoms with Crippen LogP contribution in [0.2, 0.25) is 0 Å². The van der Waals surface area contributed by atoms with Crippen molar-refractivity contribution in [1.29, 1.82) is 0 Å². The number of likely N-dealkylation sites (tertiary alicyclic amines) is 2. The summed E-state index contributed by atoms with van der Waals surface area (Å²) < 4.78 is 11.5. The van der Waals surface area contributed by atoms with Crippen LogP contribution in [0.3, 0.4) is 0 Å². The van der Waals surface area contributed by atoms with E-state index in [2.05, 4.69) is 22.2 Å². The minimum atomic E-state index is -0.743. The highest BCUT2D eigenvalue weighted by atomic mass is 16.6. The van der Waals surface area contributed by atoms with Gasteiger partial charge in [0.25, 0.3) is 11.8 Å². The van der Waals surface area contributed by atoms with Crippen molar-refractivity contribution in [2.24, 2.45) is 11.8 Å². The van der Waals surface area contributed by atoms with Crippen LogP contribution < -0.4 is 10.1 Å². The predicted octanol–water partition coefficient (Wildman–Crippen LogP) is 2.53. The Labute approximate surface area is 265 Å². The van der Waals surface area contributed by atoms with Crippen molar-refractivity contribution in [3.05, 3.63) is 35.5 Å². The molecule has 1 N–H and O–H groups in total. The zero-order valence-corrected chi connectivity index (χ0v) is 26.9. The lowest BCUT2D eigenvalue weighted by Gasteiger charge is -2.35. The van der Waals surface area contributed by atoms with Gasteiger partial charge in [-0.15, -0.1) is 0 Å². The van der Waals surface area contributed by atoms with Crippen molar-refractivity contribution in [2.45, 2.75) is 46.1 Å². The second kappa shape index (κ2) is 14.4. The molecule has 3 saturated heterocycles. The summed E-state index contributed by atoms with van der Waals surface area (Å²) in [7, 11) is 2.13. The van der Waals surface area contributed by atoms with Crippen molar-refractivity contribution in [3.63, 3.8) is 0 Å². The topological polar surface area (TPSA) is 125 Å². The molecule has 3 aliphatic heterocycles. The number of piperazine rings is 1. The zero-order valence-electron chi connectivity index (χ0n) is 26.9. The molecular formula is C33H46N6O6. The summed E-state index contributed by atoms with van der Waals surface area (Å²) in [5.41, 5.74) is 1.64. The quantitative estimate of drug-likeness (QED) is 0.424. The molecule has 2 unspecified atom stereocenters. The molecular weight excluding hydrogens is 576 g/mol. The van der Waals surface area contributed by atoms with Gasteiger partial charge in [-0.1, -0.05) is 19.4 Å². The first-order chi connectivity index (χ1) is 21.6. The van der Waals surface area contributed by atoms with Gasteiger partial charge in [0.15, 0.2) is 6.10 Å². The molecule has 3 aliphatic rings. The van der Waals surface area contributed by atoms with Gasteiger partial charge in [-0.25, -0.2) is 9.78 Å². The lowest BCUT2D eigenvalue weighted by molar-refractivity contribution is -0.140. The Morgan fingerprint density at radius 2 is 1.71 bits per heavy atom. The molecule has 0 saturated carbocycles. The van der Waals surface area contributed by atoms with Crippen LogP contribution in [-0.4, -0.2) is 127 Å². The summed E-state index contributed by atoms with van der Waals surface area (Å²) in [6, 6.07) is 7.23. The van der Waals surface area contributed by atoms with E-state index in [1.165, 1.54) is 0 Å². The molecule has 0 aliphatic carbocycles. The van der Waals surface area contributed by atoms with Crippen LogP contribution in [0.4, 0.5) is 4.79 Å². The van der Waals surface area contributed by atoms with Crippen LogP contribution >= 0.6 is 0 Å². The summed E-state index contributed by atoms with van der Waals surface area (Å²) in [4.78, 5) is 63.8. The van der Waals surface area contributed by atoms with Crippen molar-refractivity contribution in [2.75, 3.05) is 72.6 Å². The van der Waals surface area contributed by atoms with Gasteiger partial charge < -0.3 is 34.4 Å². The Balaban J connectivity index is 1.20. The first-order valence-electron chi connectivity index (χ1n) is 16.2. The van der Waals surface area contributed by atoms with E-state index in [-0.39, 0.29) is 30.1 Å². The van der Waals surface area contributed by atoms with Crippen molar-refractivity contribution in [1.82, 2.24) is 29.9 Å². The summed E-state index contributed by atoms with van der Waals surface area (Å²) >= 11 is 0. The zero-order chi connectivity index (χ0) is 32.1. The average molecular weight is 623 g/mol. The number of nitrogens with one attached hydrogen (secondary N) is 1. The number of piperidine rings is 1. The van der Waals surface area contributed by atoms with Gasteiger partial charge in [0.2, 0.25) is 5.91 Å². The number of carbonyl (C=O) groups excluding carboxylic acids is 4. The normalized spacial score (nSPS) is 20.9. The molecule has 1 aromatic carbocycles. The number of fused-ring (bicyclic) bond motifs is 2. The molecule has 45 heavy (non-hydrogen) atoms. The van der Waals surface area contributed by atoms with Gasteiger partial charge in [0, 0.05) is 63.8 Å². The Kier molecular flexibility index (Phi) is 10.4. The number of rotatable bonds is 9. The maximum atomic E-state index is 13.4. The first kappa shape index (κ1) is 32.5. The molecule has 0 spiro atoms. The van der Waals surface area contributed by atoms with E-state index < -0.39 is 12.0 Å². The Morgan fingerprint density at radius 1 is 0.978 bits per heavy atom. The van der Waals surface area contributed by atoms with Gasteiger partial charge in [-0.2, -0.15) is 0 Å². The highest BCUT2D eigenvalue weighted by Crippen LogP contribution is 2.32. The molecule has 0 bridgehead atoms. The third kappa shape index (κ3) is 7.84. The second-order valence-electron chi connectivity index (χ2n) is 12.6. The molecule has 4 amide bonds. The van der Waals surface area contributed by atoms with E-state index >= 15 is 0 Å². The van der Waals surface area contributed by atoms with Crippen LogP contribution in [0.15, 0.2) is 24.3 Å². The van der Waals surface area contributed by atoms with Gasteiger partial charge in [0.1, 0.15) is 11.4 Å². The highest BCUT2D eigenvalue weighted by molar-refractivity contribution is 5.98. The average Bonchev–Trinajstić information content (AvgIpc) is 3.42. The number of aryl methyl sites for hydroxylation is 1. The van der Waals surface area contributed by atoms with Gasteiger partial charge >= 0.3 is 6.09 Å². The predicted molar refractivity (Wildman–Crippen MR) is 169 cm³/mol. The standard InChI is InChI=1S/C33H46N6O6/c1-5-6-15-44-33(43)38-13-11-37(12-14-38)30(40)18-34-31(41)28-17-29(26-8-7-22(2)16-27(26)35-28)45-23(3)32(42)39-10-9-24-19-36(4)20-25(24)21-39/h7-8,16-17,23-25H,5-6,9-15,18-21H2,1-4H3,(H,34,41)/t23-,24?,25?/m1/s1. The van der Waals surface area contributed by atoms with Crippen molar-refractivity contribution < 1.29 is 28.7 Å². The van der Waals surface area contributed by atoms with Crippen LogP contribution in [-0.2, 0) is 14.3 Å². The number of ether oxygens (including phenoxy) is 2. The van der Waals surface area contributed by atoms with E-state index in [0.29, 0.717) is 61.3 Å². The number of amides is 4. The maximum Gasteiger partial charge on any atom is 0.409 e. The molecule has 4 heterocycles. The fourth-order valence-electron chi connectivity index (χ4n) is 6.51. The van der Waals surface area contributed by atoms with Crippen LogP contribution in [0.25, 0.3) is 10.9 Å². The van der Waals surface area contributed by atoms with E-state index in [4.69, 9.17) is 9.47 Å². The van der Waals surface area contributed by atoms with Gasteiger partial charge in [0.05, 0.1) is 18.7 Å². The summed E-state index contributed by atoms with van der Waals surface area (Å²) in [5.74, 6) is 0.701. The van der Waals surface area contributed by atoms with Crippen LogP contribution in [0.1, 0.15) is 49.2 Å². The lowest BCUT2D eigenvalue weighted by atomic mass is 9.88. The number of pyridine rings is 1. The number of carbonyl (C=O) groups is 4. The molecule has 12 nitrogen and oxygen atoms in total. The molecule has 244 valence electrons. The Bertz CT molecular complexity index is 1410. The molecule has 3 fully saturated rings.